The number of carbonyl (C=O) groups excluding carboxylic acids is 2. The van der Waals surface area contributed by atoms with Gasteiger partial charge in [-0.1, -0.05) is 23.7 Å². The Labute approximate surface area is 185 Å². The molecular weight excluding hydrogens is 420 g/mol. The van der Waals surface area contributed by atoms with Gasteiger partial charge in [0.2, 0.25) is 11.8 Å². The molecule has 1 unspecified atom stereocenters. The third-order valence-electron chi connectivity index (χ3n) is 5.40. The number of ether oxygens (including phenoxy) is 2. The number of para-hydroxylation sites is 2. The molecule has 3 heterocycles. The van der Waals surface area contributed by atoms with Gasteiger partial charge in [-0.05, 0) is 50.2 Å². The summed E-state index contributed by atoms with van der Waals surface area (Å²) in [5, 5.41) is 6.27. The van der Waals surface area contributed by atoms with E-state index in [4.69, 9.17) is 21.1 Å². The number of aromatic nitrogens is 1. The maximum absolute atomic E-state index is 12.4. The van der Waals surface area contributed by atoms with Crippen LogP contribution in [0.2, 0.25) is 5.02 Å². The van der Waals surface area contributed by atoms with Gasteiger partial charge < -0.3 is 20.1 Å². The smallest absolute Gasteiger partial charge is 0.234 e. The monoisotopic (exact) mass is 444 g/mol. The number of nitrogens with zero attached hydrogens (tertiary/aromatic N) is 2. The Kier molecular flexibility index (Phi) is 6.89. The van der Waals surface area contributed by atoms with Gasteiger partial charge in [-0.3, -0.25) is 14.5 Å². The summed E-state index contributed by atoms with van der Waals surface area (Å²) >= 11 is 5.81. The minimum absolute atomic E-state index is 0.0475. The minimum Gasteiger partial charge on any atom is -0.486 e. The van der Waals surface area contributed by atoms with Crippen molar-refractivity contribution in [2.24, 2.45) is 5.92 Å². The lowest BCUT2D eigenvalue weighted by Crippen LogP contribution is -2.46. The molecular formula is C22H25ClN4O4. The van der Waals surface area contributed by atoms with E-state index in [1.54, 1.807) is 12.1 Å². The van der Waals surface area contributed by atoms with Gasteiger partial charge in [0.1, 0.15) is 18.5 Å². The molecule has 4 rings (SSSR count). The molecule has 0 bridgehead atoms. The molecule has 1 fully saturated rings. The molecule has 2 aromatic rings. The predicted molar refractivity (Wildman–Crippen MR) is 116 cm³/mol. The molecule has 9 heteroatoms. The number of fused-ring (bicyclic) bond motifs is 1. The van der Waals surface area contributed by atoms with Crippen molar-refractivity contribution >= 4 is 29.2 Å². The fraction of sp³-hybridized carbons (Fsp3) is 0.409. The number of hydrogen-bond donors (Lipinski definition) is 2. The van der Waals surface area contributed by atoms with Crippen molar-refractivity contribution in [3.63, 3.8) is 0 Å². The molecule has 31 heavy (non-hydrogen) atoms. The summed E-state index contributed by atoms with van der Waals surface area (Å²) in [6, 6.07) is 10.9. The van der Waals surface area contributed by atoms with Gasteiger partial charge in [-0.25, -0.2) is 4.98 Å². The normalized spacial score (nSPS) is 18.9. The molecule has 1 saturated heterocycles. The number of hydrogen-bond acceptors (Lipinski definition) is 6. The van der Waals surface area contributed by atoms with Crippen molar-refractivity contribution in [3.05, 3.63) is 47.6 Å². The standard InChI is InChI=1S/C22H25ClN4O4/c23-16-5-6-20(24-11-16)26-22(29)15-7-9-27(10-8-15)13-21(28)25-12-17-14-30-18-3-1-2-4-19(18)31-17/h1-6,11,15,17H,7-10,12-14H2,(H,25,28)(H,24,26,29). The van der Waals surface area contributed by atoms with Gasteiger partial charge in [0.15, 0.2) is 11.5 Å². The fourth-order valence-electron chi connectivity index (χ4n) is 3.68. The van der Waals surface area contributed by atoms with E-state index in [0.717, 1.165) is 5.75 Å². The van der Waals surface area contributed by atoms with Crippen molar-refractivity contribution < 1.29 is 19.1 Å². The van der Waals surface area contributed by atoms with Gasteiger partial charge in [-0.15, -0.1) is 0 Å². The summed E-state index contributed by atoms with van der Waals surface area (Å²) in [7, 11) is 0. The summed E-state index contributed by atoms with van der Waals surface area (Å²) in [5.41, 5.74) is 0. The summed E-state index contributed by atoms with van der Waals surface area (Å²) in [6.07, 6.45) is 2.68. The van der Waals surface area contributed by atoms with Crippen LogP contribution < -0.4 is 20.1 Å². The van der Waals surface area contributed by atoms with Crippen LogP contribution in [0.3, 0.4) is 0 Å². The summed E-state index contributed by atoms with van der Waals surface area (Å²) < 4.78 is 11.5. The van der Waals surface area contributed by atoms with E-state index in [-0.39, 0.29) is 23.8 Å². The number of carbonyl (C=O) groups is 2. The Balaban J connectivity index is 1.15. The third kappa shape index (κ3) is 5.86. The Morgan fingerprint density at radius 3 is 2.65 bits per heavy atom. The first-order valence-electron chi connectivity index (χ1n) is 10.4. The summed E-state index contributed by atoms with van der Waals surface area (Å²) in [6.45, 7) is 2.48. The number of benzene rings is 1. The average molecular weight is 445 g/mol. The van der Waals surface area contributed by atoms with Crippen LogP contribution in [-0.4, -0.2) is 60.6 Å². The second-order valence-corrected chi connectivity index (χ2v) is 8.14. The Morgan fingerprint density at radius 1 is 1.13 bits per heavy atom. The van der Waals surface area contributed by atoms with Gasteiger partial charge in [0.05, 0.1) is 18.1 Å². The van der Waals surface area contributed by atoms with Gasteiger partial charge in [-0.2, -0.15) is 0 Å². The lowest BCUT2D eigenvalue weighted by molar-refractivity contribution is -0.123. The Hall–Kier alpha value is -2.84. The lowest BCUT2D eigenvalue weighted by Gasteiger charge is -2.31. The van der Waals surface area contributed by atoms with Gasteiger partial charge in [0.25, 0.3) is 0 Å². The number of piperidine rings is 1. The molecule has 1 aromatic carbocycles. The number of pyridine rings is 1. The number of halogens is 1. The fourth-order valence-corrected chi connectivity index (χ4v) is 3.79. The van der Waals surface area contributed by atoms with Crippen LogP contribution in [0.25, 0.3) is 0 Å². The van der Waals surface area contributed by atoms with Crippen LogP contribution in [0.5, 0.6) is 11.5 Å². The first-order chi connectivity index (χ1) is 15.1. The van der Waals surface area contributed by atoms with Crippen LogP contribution in [0.15, 0.2) is 42.6 Å². The number of anilines is 1. The number of rotatable bonds is 6. The second kappa shape index (κ2) is 9.98. The minimum atomic E-state index is -0.213. The highest BCUT2D eigenvalue weighted by molar-refractivity contribution is 6.30. The van der Waals surface area contributed by atoms with E-state index in [9.17, 15) is 9.59 Å². The van der Waals surface area contributed by atoms with Crippen molar-refractivity contribution in [2.45, 2.75) is 18.9 Å². The molecule has 0 saturated carbocycles. The van der Waals surface area contributed by atoms with Gasteiger partial charge >= 0.3 is 0 Å². The van der Waals surface area contributed by atoms with E-state index in [0.29, 0.717) is 62.2 Å². The SMILES string of the molecule is O=C(CN1CCC(C(=O)Nc2ccc(Cl)cn2)CC1)NCC1COc2ccccc2O1. The van der Waals surface area contributed by atoms with Crippen LogP contribution in [0.1, 0.15) is 12.8 Å². The van der Waals surface area contributed by atoms with E-state index >= 15 is 0 Å². The highest BCUT2D eigenvalue weighted by Crippen LogP contribution is 2.30. The maximum atomic E-state index is 12.4. The predicted octanol–water partition coefficient (Wildman–Crippen LogP) is 2.34. The topological polar surface area (TPSA) is 92.8 Å². The van der Waals surface area contributed by atoms with Crippen molar-refractivity contribution in [2.75, 3.05) is 38.1 Å². The maximum Gasteiger partial charge on any atom is 0.234 e. The van der Waals surface area contributed by atoms with Crippen LogP contribution in [-0.2, 0) is 9.59 Å². The number of likely N-dealkylation sites (tertiary alicyclic amines) is 1. The summed E-state index contributed by atoms with van der Waals surface area (Å²) in [5.74, 6) is 1.72. The number of amides is 2. The molecule has 2 amide bonds. The van der Waals surface area contributed by atoms with E-state index in [2.05, 4.69) is 20.5 Å². The first-order valence-corrected chi connectivity index (χ1v) is 10.7. The van der Waals surface area contributed by atoms with Crippen LogP contribution in [0.4, 0.5) is 5.82 Å². The number of nitrogens with one attached hydrogen (secondary N) is 2. The van der Waals surface area contributed by atoms with Crippen molar-refractivity contribution in [1.29, 1.82) is 0 Å². The Bertz CT molecular complexity index is 916. The molecule has 0 spiro atoms. The quantitative estimate of drug-likeness (QED) is 0.710. The van der Waals surface area contributed by atoms with Crippen molar-refractivity contribution in [3.8, 4) is 11.5 Å². The zero-order chi connectivity index (χ0) is 21.6. The zero-order valence-electron chi connectivity index (χ0n) is 17.1. The van der Waals surface area contributed by atoms with Crippen molar-refractivity contribution in [1.82, 2.24) is 15.2 Å². The van der Waals surface area contributed by atoms with E-state index in [1.165, 1.54) is 6.20 Å². The molecule has 8 nitrogen and oxygen atoms in total. The highest BCUT2D eigenvalue weighted by Gasteiger charge is 2.27. The van der Waals surface area contributed by atoms with Gasteiger partial charge in [0, 0.05) is 12.1 Å². The second-order valence-electron chi connectivity index (χ2n) is 7.70. The van der Waals surface area contributed by atoms with E-state index < -0.39 is 0 Å². The van der Waals surface area contributed by atoms with E-state index in [1.807, 2.05) is 24.3 Å². The third-order valence-corrected chi connectivity index (χ3v) is 5.62. The highest BCUT2D eigenvalue weighted by atomic mass is 35.5. The molecule has 2 aliphatic rings. The molecule has 0 radical (unpaired) electrons. The largest absolute Gasteiger partial charge is 0.486 e. The summed E-state index contributed by atoms with van der Waals surface area (Å²) in [4.78, 5) is 30.9. The molecule has 2 N–H and O–H groups in total. The van der Waals surface area contributed by atoms with Crippen LogP contribution >= 0.6 is 11.6 Å². The molecule has 164 valence electrons. The zero-order valence-corrected chi connectivity index (χ0v) is 17.8. The molecule has 1 atom stereocenters. The average Bonchev–Trinajstić information content (AvgIpc) is 2.79. The molecule has 0 aliphatic carbocycles. The molecule has 2 aliphatic heterocycles. The first kappa shape index (κ1) is 21.4. The Morgan fingerprint density at radius 2 is 1.90 bits per heavy atom. The lowest BCUT2D eigenvalue weighted by atomic mass is 9.96. The van der Waals surface area contributed by atoms with Crippen LogP contribution in [0, 0.1) is 5.92 Å². The molecule has 1 aromatic heterocycles.